The normalized spacial score (nSPS) is 20.4. The fourth-order valence-electron chi connectivity index (χ4n) is 2.86. The number of nitrogens with one attached hydrogen (secondary N) is 2. The Morgan fingerprint density at radius 2 is 1.91 bits per heavy atom. The summed E-state index contributed by atoms with van der Waals surface area (Å²) in [6, 6.07) is 1.21. The summed E-state index contributed by atoms with van der Waals surface area (Å²) in [6.07, 6.45) is 6.17. The second-order valence-corrected chi connectivity index (χ2v) is 6.92. The highest BCUT2D eigenvalue weighted by molar-refractivity contribution is 14.0. The van der Waals surface area contributed by atoms with Crippen molar-refractivity contribution >= 4 is 29.9 Å². The maximum absolute atomic E-state index is 5.65. The van der Waals surface area contributed by atoms with Crippen LogP contribution in [-0.4, -0.2) is 62.8 Å². The molecule has 23 heavy (non-hydrogen) atoms. The van der Waals surface area contributed by atoms with Crippen molar-refractivity contribution in [1.82, 2.24) is 15.5 Å². The van der Waals surface area contributed by atoms with Crippen LogP contribution in [0.5, 0.6) is 0 Å². The number of hydrogen-bond donors (Lipinski definition) is 2. The third-order valence-corrected chi connectivity index (χ3v) is 4.63. The van der Waals surface area contributed by atoms with Crippen LogP contribution in [0.25, 0.3) is 0 Å². The van der Waals surface area contributed by atoms with Crippen LogP contribution < -0.4 is 10.6 Å². The van der Waals surface area contributed by atoms with E-state index in [0.717, 1.165) is 38.1 Å². The van der Waals surface area contributed by atoms with Gasteiger partial charge in [0.15, 0.2) is 5.96 Å². The monoisotopic (exact) mass is 438 g/mol. The van der Waals surface area contributed by atoms with Crippen molar-refractivity contribution in [3.63, 3.8) is 0 Å². The standard InChI is InChI=1S/C17H34N4O.HI/c1-14(2)21-10-7-16(8-11-21)20-17(18-3)19-9-4-12-22-13-15-5-6-15;/h14-16H,4-13H2,1-3H3,(H2,18,19,20);1H. The highest BCUT2D eigenvalue weighted by atomic mass is 127. The second-order valence-electron chi connectivity index (χ2n) is 6.92. The van der Waals surface area contributed by atoms with Gasteiger partial charge in [0, 0.05) is 52.0 Å². The first-order chi connectivity index (χ1) is 10.7. The molecule has 0 aromatic carbocycles. The number of ether oxygens (including phenoxy) is 1. The first-order valence-electron chi connectivity index (χ1n) is 8.98. The lowest BCUT2D eigenvalue weighted by atomic mass is 10.0. The molecule has 1 saturated carbocycles. The smallest absolute Gasteiger partial charge is 0.191 e. The summed E-state index contributed by atoms with van der Waals surface area (Å²) in [7, 11) is 1.85. The lowest BCUT2D eigenvalue weighted by Gasteiger charge is -2.35. The molecular weight excluding hydrogens is 403 g/mol. The van der Waals surface area contributed by atoms with Gasteiger partial charge < -0.3 is 20.3 Å². The van der Waals surface area contributed by atoms with Crippen molar-refractivity contribution in [1.29, 1.82) is 0 Å². The van der Waals surface area contributed by atoms with Crippen molar-refractivity contribution in [2.75, 3.05) is 39.9 Å². The average Bonchev–Trinajstić information content (AvgIpc) is 3.34. The molecule has 2 rings (SSSR count). The lowest BCUT2D eigenvalue weighted by molar-refractivity contribution is 0.123. The summed E-state index contributed by atoms with van der Waals surface area (Å²) in [5.74, 6) is 1.80. The van der Waals surface area contributed by atoms with Gasteiger partial charge in [-0.05, 0) is 51.9 Å². The molecule has 0 amide bonds. The molecule has 1 saturated heterocycles. The third-order valence-electron chi connectivity index (χ3n) is 4.63. The van der Waals surface area contributed by atoms with Gasteiger partial charge in [-0.3, -0.25) is 4.99 Å². The van der Waals surface area contributed by atoms with Gasteiger partial charge in [0.2, 0.25) is 0 Å². The third kappa shape index (κ3) is 8.54. The molecule has 136 valence electrons. The van der Waals surface area contributed by atoms with Crippen LogP contribution >= 0.6 is 24.0 Å². The van der Waals surface area contributed by atoms with Gasteiger partial charge >= 0.3 is 0 Å². The van der Waals surface area contributed by atoms with E-state index in [2.05, 4.69) is 34.4 Å². The van der Waals surface area contributed by atoms with E-state index >= 15 is 0 Å². The predicted molar refractivity (Wildman–Crippen MR) is 108 cm³/mol. The zero-order valence-corrected chi connectivity index (χ0v) is 17.3. The molecule has 0 unspecified atom stereocenters. The summed E-state index contributed by atoms with van der Waals surface area (Å²) in [5.41, 5.74) is 0. The minimum absolute atomic E-state index is 0. The van der Waals surface area contributed by atoms with Gasteiger partial charge in [-0.25, -0.2) is 0 Å². The number of hydrogen-bond acceptors (Lipinski definition) is 3. The molecule has 0 aromatic heterocycles. The van der Waals surface area contributed by atoms with Crippen molar-refractivity contribution in [2.24, 2.45) is 10.9 Å². The van der Waals surface area contributed by atoms with E-state index in [1.165, 1.54) is 38.8 Å². The number of halogens is 1. The van der Waals surface area contributed by atoms with Gasteiger partial charge in [-0.15, -0.1) is 24.0 Å². The molecule has 2 fully saturated rings. The molecule has 0 bridgehead atoms. The minimum Gasteiger partial charge on any atom is -0.381 e. The molecule has 1 heterocycles. The largest absolute Gasteiger partial charge is 0.381 e. The van der Waals surface area contributed by atoms with Crippen molar-refractivity contribution in [2.45, 2.75) is 58.0 Å². The number of aliphatic imine (C=N–C) groups is 1. The Hall–Kier alpha value is -0.0800. The number of likely N-dealkylation sites (tertiary alicyclic amines) is 1. The molecule has 2 aliphatic rings. The zero-order chi connectivity index (χ0) is 15.8. The Morgan fingerprint density at radius 3 is 2.48 bits per heavy atom. The molecule has 0 aromatic rings. The molecule has 0 radical (unpaired) electrons. The maximum Gasteiger partial charge on any atom is 0.191 e. The van der Waals surface area contributed by atoms with E-state index < -0.39 is 0 Å². The molecule has 1 aliphatic heterocycles. The Labute approximate surface area is 159 Å². The Morgan fingerprint density at radius 1 is 1.22 bits per heavy atom. The average molecular weight is 438 g/mol. The highest BCUT2D eigenvalue weighted by Gasteiger charge is 2.22. The van der Waals surface area contributed by atoms with Crippen LogP contribution in [0.2, 0.25) is 0 Å². The van der Waals surface area contributed by atoms with Crippen LogP contribution in [-0.2, 0) is 4.74 Å². The quantitative estimate of drug-likeness (QED) is 0.265. The second kappa shape index (κ2) is 11.5. The topological polar surface area (TPSA) is 48.9 Å². The molecule has 0 spiro atoms. The number of nitrogens with zero attached hydrogens (tertiary/aromatic N) is 2. The first-order valence-corrected chi connectivity index (χ1v) is 8.98. The van der Waals surface area contributed by atoms with E-state index in [1.807, 2.05) is 7.05 Å². The Kier molecular flexibility index (Phi) is 10.5. The summed E-state index contributed by atoms with van der Waals surface area (Å²) in [4.78, 5) is 6.88. The van der Waals surface area contributed by atoms with Crippen LogP contribution in [0.15, 0.2) is 4.99 Å². The van der Waals surface area contributed by atoms with E-state index in [9.17, 15) is 0 Å². The van der Waals surface area contributed by atoms with E-state index in [-0.39, 0.29) is 24.0 Å². The Balaban J connectivity index is 0.00000264. The van der Waals surface area contributed by atoms with Crippen molar-refractivity contribution in [3.05, 3.63) is 0 Å². The van der Waals surface area contributed by atoms with Crippen molar-refractivity contribution in [3.8, 4) is 0 Å². The minimum atomic E-state index is 0. The molecule has 1 aliphatic carbocycles. The lowest BCUT2D eigenvalue weighted by Crippen LogP contribution is -2.50. The van der Waals surface area contributed by atoms with E-state index in [1.54, 1.807) is 0 Å². The summed E-state index contributed by atoms with van der Waals surface area (Å²) >= 11 is 0. The van der Waals surface area contributed by atoms with Crippen LogP contribution in [0.4, 0.5) is 0 Å². The van der Waals surface area contributed by atoms with Gasteiger partial charge in [-0.2, -0.15) is 0 Å². The number of piperidine rings is 1. The fraction of sp³-hybridized carbons (Fsp3) is 0.941. The molecule has 5 nitrogen and oxygen atoms in total. The van der Waals surface area contributed by atoms with Crippen LogP contribution in [0, 0.1) is 5.92 Å². The number of guanidine groups is 1. The molecule has 2 N–H and O–H groups in total. The van der Waals surface area contributed by atoms with Gasteiger partial charge in [0.05, 0.1) is 0 Å². The molecule has 0 atom stereocenters. The molecular formula is C17H35IN4O. The van der Waals surface area contributed by atoms with Gasteiger partial charge in [0.1, 0.15) is 0 Å². The fourth-order valence-corrected chi connectivity index (χ4v) is 2.86. The van der Waals surface area contributed by atoms with Crippen LogP contribution in [0.1, 0.15) is 46.0 Å². The summed E-state index contributed by atoms with van der Waals surface area (Å²) in [5, 5.41) is 6.96. The zero-order valence-electron chi connectivity index (χ0n) is 15.0. The maximum atomic E-state index is 5.65. The van der Waals surface area contributed by atoms with Crippen LogP contribution in [0.3, 0.4) is 0 Å². The SMILES string of the molecule is CN=C(NCCCOCC1CC1)NC1CCN(C(C)C)CC1.I. The molecule has 6 heteroatoms. The van der Waals surface area contributed by atoms with Crippen molar-refractivity contribution < 1.29 is 4.74 Å². The van der Waals surface area contributed by atoms with E-state index in [0.29, 0.717) is 12.1 Å². The predicted octanol–water partition coefficient (Wildman–Crippen LogP) is 2.46. The highest BCUT2D eigenvalue weighted by Crippen LogP contribution is 2.28. The van der Waals surface area contributed by atoms with Gasteiger partial charge in [0.25, 0.3) is 0 Å². The summed E-state index contributed by atoms with van der Waals surface area (Å²) in [6.45, 7) is 9.66. The summed E-state index contributed by atoms with van der Waals surface area (Å²) < 4.78 is 5.65. The number of rotatable bonds is 8. The first kappa shape index (κ1) is 21.0. The van der Waals surface area contributed by atoms with Gasteiger partial charge in [-0.1, -0.05) is 0 Å². The Bertz CT molecular complexity index is 339. The van der Waals surface area contributed by atoms with E-state index in [4.69, 9.17) is 4.74 Å².